The molecule has 1 aromatic carbocycles. The summed E-state index contributed by atoms with van der Waals surface area (Å²) in [6.07, 6.45) is 3.70. The Morgan fingerprint density at radius 2 is 1.57 bits per heavy atom. The smallest absolute Gasteiger partial charge is 0.326 e. The van der Waals surface area contributed by atoms with Crippen molar-refractivity contribution in [3.05, 3.63) is 36.0 Å². The molecular formula is C27H39N5O7S. The second-order valence-corrected chi connectivity index (χ2v) is 10.7. The summed E-state index contributed by atoms with van der Waals surface area (Å²) in [6, 6.07) is 2.81. The number of thioether (sulfide) groups is 1. The van der Waals surface area contributed by atoms with Crippen LogP contribution in [0.5, 0.6) is 0 Å². The molecule has 12 nitrogen and oxygen atoms in total. The molecule has 2 aromatic rings. The predicted molar refractivity (Wildman–Crippen MR) is 153 cm³/mol. The van der Waals surface area contributed by atoms with Gasteiger partial charge in [-0.05, 0) is 42.4 Å². The highest BCUT2D eigenvalue weighted by atomic mass is 32.2. The Labute approximate surface area is 237 Å². The standard InChI is InChI=1S/C27H39N5O7S/c1-4-15(2)23(28)26(37)30-19(9-10-22(33)34)24(35)32-21(25(36)31-20(27(38)39)11-12-40-3)13-16-14-29-18-8-6-5-7-17(16)18/h5-8,14-15,19-21,23,29H,4,9-13,28H2,1-3H3,(H,30,37)(H,31,36)(H,32,35)(H,33,34)(H,38,39). The van der Waals surface area contributed by atoms with Gasteiger partial charge in [-0.2, -0.15) is 11.8 Å². The summed E-state index contributed by atoms with van der Waals surface area (Å²) in [7, 11) is 0. The molecule has 0 radical (unpaired) electrons. The highest BCUT2D eigenvalue weighted by Crippen LogP contribution is 2.19. The number of carbonyl (C=O) groups is 5. The molecule has 3 amide bonds. The van der Waals surface area contributed by atoms with E-state index >= 15 is 0 Å². The Morgan fingerprint density at radius 1 is 0.950 bits per heavy atom. The number of carboxylic acids is 2. The maximum Gasteiger partial charge on any atom is 0.326 e. The minimum atomic E-state index is -1.27. The number of carbonyl (C=O) groups excluding carboxylic acids is 3. The fraction of sp³-hybridized carbons (Fsp3) is 0.519. The third kappa shape index (κ3) is 9.56. The molecule has 220 valence electrons. The molecule has 0 fully saturated rings. The van der Waals surface area contributed by atoms with Crippen LogP contribution in [0.2, 0.25) is 0 Å². The van der Waals surface area contributed by atoms with E-state index in [1.54, 1.807) is 13.1 Å². The summed E-state index contributed by atoms with van der Waals surface area (Å²) in [6.45, 7) is 3.65. The topological polar surface area (TPSA) is 204 Å². The van der Waals surface area contributed by atoms with Gasteiger partial charge < -0.3 is 36.9 Å². The van der Waals surface area contributed by atoms with Crippen molar-refractivity contribution in [2.75, 3.05) is 12.0 Å². The Balaban J connectivity index is 2.33. The Hall–Kier alpha value is -3.58. The van der Waals surface area contributed by atoms with Gasteiger partial charge in [0.15, 0.2) is 0 Å². The quantitative estimate of drug-likeness (QED) is 0.144. The van der Waals surface area contributed by atoms with Gasteiger partial charge in [-0.25, -0.2) is 4.79 Å². The van der Waals surface area contributed by atoms with E-state index in [0.29, 0.717) is 17.7 Å². The summed E-state index contributed by atoms with van der Waals surface area (Å²) in [5.41, 5.74) is 7.53. The van der Waals surface area contributed by atoms with Crippen LogP contribution in [0.4, 0.5) is 0 Å². The number of aromatic amines is 1. The number of hydrogen-bond donors (Lipinski definition) is 7. The summed E-state index contributed by atoms with van der Waals surface area (Å²) in [4.78, 5) is 65.6. The van der Waals surface area contributed by atoms with E-state index in [-0.39, 0.29) is 25.2 Å². The molecule has 1 aromatic heterocycles. The van der Waals surface area contributed by atoms with Crippen LogP contribution in [-0.4, -0.2) is 81.0 Å². The molecule has 2 rings (SSSR count). The Morgan fingerprint density at radius 3 is 2.20 bits per heavy atom. The van der Waals surface area contributed by atoms with Crippen LogP contribution < -0.4 is 21.7 Å². The number of nitrogens with one attached hydrogen (secondary N) is 4. The lowest BCUT2D eigenvalue weighted by Gasteiger charge is -2.26. The molecule has 40 heavy (non-hydrogen) atoms. The van der Waals surface area contributed by atoms with Crippen molar-refractivity contribution in [1.82, 2.24) is 20.9 Å². The molecule has 0 saturated heterocycles. The number of para-hydroxylation sites is 1. The molecule has 13 heteroatoms. The largest absolute Gasteiger partial charge is 0.481 e. The van der Waals surface area contributed by atoms with Gasteiger partial charge in [0.25, 0.3) is 0 Å². The summed E-state index contributed by atoms with van der Waals surface area (Å²) in [5, 5.41) is 27.3. The first-order valence-corrected chi connectivity index (χ1v) is 14.5. The van der Waals surface area contributed by atoms with Crippen LogP contribution in [0.1, 0.15) is 45.1 Å². The van der Waals surface area contributed by atoms with Gasteiger partial charge in [0.1, 0.15) is 18.1 Å². The molecule has 0 aliphatic carbocycles. The number of aromatic nitrogens is 1. The minimum Gasteiger partial charge on any atom is -0.481 e. The van der Waals surface area contributed by atoms with Crippen LogP contribution in [0.15, 0.2) is 30.5 Å². The number of amides is 3. The molecule has 0 aliphatic heterocycles. The first kappa shape index (κ1) is 32.6. The van der Waals surface area contributed by atoms with Crippen molar-refractivity contribution in [3.63, 3.8) is 0 Å². The SMILES string of the molecule is CCC(C)C(N)C(=O)NC(CCC(=O)O)C(=O)NC(Cc1c[nH]c2ccccc12)C(=O)NC(CCSC)C(=O)O. The van der Waals surface area contributed by atoms with Gasteiger partial charge in [0, 0.05) is 29.9 Å². The van der Waals surface area contributed by atoms with Crippen molar-refractivity contribution < 1.29 is 34.2 Å². The van der Waals surface area contributed by atoms with Gasteiger partial charge in [-0.3, -0.25) is 19.2 Å². The zero-order chi connectivity index (χ0) is 29.8. The molecule has 1 heterocycles. The van der Waals surface area contributed by atoms with E-state index in [4.69, 9.17) is 5.73 Å². The lowest BCUT2D eigenvalue weighted by molar-refractivity contribution is -0.142. The number of benzene rings is 1. The van der Waals surface area contributed by atoms with Crippen molar-refractivity contribution in [3.8, 4) is 0 Å². The summed E-state index contributed by atoms with van der Waals surface area (Å²) < 4.78 is 0. The lowest BCUT2D eigenvalue weighted by Crippen LogP contribution is -2.58. The van der Waals surface area contributed by atoms with Crippen LogP contribution in [0.25, 0.3) is 10.9 Å². The number of fused-ring (bicyclic) bond motifs is 1. The van der Waals surface area contributed by atoms with E-state index in [2.05, 4.69) is 20.9 Å². The maximum atomic E-state index is 13.4. The second kappa shape index (κ2) is 15.9. The van der Waals surface area contributed by atoms with Gasteiger partial charge in [0.05, 0.1) is 6.04 Å². The average Bonchev–Trinajstić information content (AvgIpc) is 3.33. The Bertz CT molecular complexity index is 1190. The van der Waals surface area contributed by atoms with E-state index in [9.17, 15) is 34.2 Å². The zero-order valence-electron chi connectivity index (χ0n) is 22.9. The van der Waals surface area contributed by atoms with Crippen molar-refractivity contribution in [1.29, 1.82) is 0 Å². The van der Waals surface area contributed by atoms with Gasteiger partial charge in [-0.1, -0.05) is 38.5 Å². The lowest BCUT2D eigenvalue weighted by atomic mass is 9.98. The minimum absolute atomic E-state index is 0.0163. The third-order valence-electron chi connectivity index (χ3n) is 6.80. The first-order valence-electron chi connectivity index (χ1n) is 13.1. The first-order chi connectivity index (χ1) is 19.0. The highest BCUT2D eigenvalue weighted by Gasteiger charge is 2.31. The van der Waals surface area contributed by atoms with Crippen LogP contribution in [0, 0.1) is 5.92 Å². The molecule has 8 N–H and O–H groups in total. The van der Waals surface area contributed by atoms with E-state index in [0.717, 1.165) is 10.9 Å². The van der Waals surface area contributed by atoms with Crippen LogP contribution in [-0.2, 0) is 30.4 Å². The summed E-state index contributed by atoms with van der Waals surface area (Å²) >= 11 is 1.43. The fourth-order valence-corrected chi connectivity index (χ4v) is 4.56. The monoisotopic (exact) mass is 577 g/mol. The molecule has 5 atom stereocenters. The number of carboxylic acid groups (broad SMARTS) is 2. The second-order valence-electron chi connectivity index (χ2n) is 9.71. The maximum absolute atomic E-state index is 13.4. The third-order valence-corrected chi connectivity index (χ3v) is 7.44. The number of nitrogens with two attached hydrogens (primary N) is 1. The molecule has 0 aliphatic rings. The number of aliphatic carboxylic acids is 2. The Kier molecular flexibility index (Phi) is 12.9. The molecular weight excluding hydrogens is 538 g/mol. The predicted octanol–water partition coefficient (Wildman–Crippen LogP) is 1.24. The highest BCUT2D eigenvalue weighted by molar-refractivity contribution is 7.98. The molecule has 0 spiro atoms. The zero-order valence-corrected chi connectivity index (χ0v) is 23.8. The summed E-state index contributed by atoms with van der Waals surface area (Å²) in [5.74, 6) is -4.15. The molecule has 0 saturated carbocycles. The van der Waals surface area contributed by atoms with Crippen molar-refractivity contribution >= 4 is 52.3 Å². The van der Waals surface area contributed by atoms with E-state index in [1.165, 1.54) is 11.8 Å². The van der Waals surface area contributed by atoms with Crippen molar-refractivity contribution in [2.24, 2.45) is 11.7 Å². The van der Waals surface area contributed by atoms with E-state index < -0.39 is 60.2 Å². The van der Waals surface area contributed by atoms with Gasteiger partial charge in [0.2, 0.25) is 17.7 Å². The number of rotatable bonds is 17. The average molecular weight is 578 g/mol. The molecule has 0 bridgehead atoms. The number of H-pyrrole nitrogens is 1. The van der Waals surface area contributed by atoms with Gasteiger partial charge >= 0.3 is 11.9 Å². The van der Waals surface area contributed by atoms with Crippen LogP contribution in [0.3, 0.4) is 0 Å². The van der Waals surface area contributed by atoms with Gasteiger partial charge in [-0.15, -0.1) is 0 Å². The van der Waals surface area contributed by atoms with Crippen LogP contribution >= 0.6 is 11.8 Å². The normalized spacial score (nSPS) is 14.9. The fourth-order valence-electron chi connectivity index (χ4n) is 4.08. The molecule has 5 unspecified atom stereocenters. The van der Waals surface area contributed by atoms with E-state index in [1.807, 2.05) is 37.4 Å². The number of hydrogen-bond acceptors (Lipinski definition) is 7. The van der Waals surface area contributed by atoms with Crippen molar-refractivity contribution in [2.45, 2.75) is 70.1 Å².